The molecule has 0 radical (unpaired) electrons. The number of nitrogens with one attached hydrogen (secondary N) is 3. The second kappa shape index (κ2) is 16.7. The van der Waals surface area contributed by atoms with Crippen LogP contribution < -0.4 is 16.0 Å². The number of benzene rings is 2. The molecule has 1 atom stereocenters. The Morgan fingerprint density at radius 3 is 1.79 bits per heavy atom. The first-order valence-corrected chi connectivity index (χ1v) is 11.5. The van der Waals surface area contributed by atoms with Crippen LogP contribution in [0.4, 0.5) is 9.59 Å². The second-order valence-corrected chi connectivity index (χ2v) is 7.58. The number of hydrogen-bond acceptors (Lipinski definition) is 10. The van der Waals surface area contributed by atoms with E-state index in [1.54, 1.807) is 60.7 Å². The molecule has 0 spiro atoms. The molecule has 0 saturated heterocycles. The molecule has 0 bridgehead atoms. The summed E-state index contributed by atoms with van der Waals surface area (Å²) in [7, 11) is 1.39. The molecule has 0 saturated carbocycles. The normalized spacial score (nSPS) is 11.5. The number of amides is 2. The van der Waals surface area contributed by atoms with Crippen LogP contribution in [0.2, 0.25) is 0 Å². The summed E-state index contributed by atoms with van der Waals surface area (Å²) >= 11 is 0. The summed E-state index contributed by atoms with van der Waals surface area (Å²) in [6, 6.07) is 16.4. The van der Waals surface area contributed by atoms with E-state index >= 15 is 0 Å². The zero-order chi connectivity index (χ0) is 28.5. The molecule has 0 aromatic heterocycles. The van der Waals surface area contributed by atoms with Crippen molar-refractivity contribution >= 4 is 36.1 Å². The van der Waals surface area contributed by atoms with Crippen molar-refractivity contribution in [3.05, 3.63) is 71.8 Å². The molecule has 14 nitrogen and oxygen atoms in total. The van der Waals surface area contributed by atoms with Gasteiger partial charge in [0, 0.05) is 6.54 Å². The van der Waals surface area contributed by atoms with Gasteiger partial charge in [0.05, 0.1) is 12.8 Å². The van der Waals surface area contributed by atoms with E-state index in [4.69, 9.17) is 24.1 Å². The molecular weight excluding hydrogens is 516 g/mol. The monoisotopic (exact) mass is 544 g/mol. The van der Waals surface area contributed by atoms with E-state index in [9.17, 15) is 24.0 Å². The van der Waals surface area contributed by atoms with Gasteiger partial charge in [-0.05, 0) is 18.2 Å². The fraction of sp³-hybridized carbons (Fsp3) is 0.280. The fourth-order valence-corrected chi connectivity index (χ4v) is 2.80. The van der Waals surface area contributed by atoms with E-state index in [2.05, 4.69) is 20.9 Å². The SMILES string of the molecule is CN[C@@H](CN/C(=N\C(=O)OCOC(=O)Cc1ccccc1)NC(=O)OCOC(=O)Cc1ccccc1)C(=O)O. The number of ether oxygens (including phenoxy) is 4. The van der Waals surface area contributed by atoms with Gasteiger partial charge in [0.2, 0.25) is 19.5 Å². The number of likely N-dealkylation sites (N-methyl/N-ethyl adjacent to an activating group) is 1. The lowest BCUT2D eigenvalue weighted by atomic mass is 10.2. The highest BCUT2D eigenvalue weighted by Gasteiger charge is 2.18. The van der Waals surface area contributed by atoms with Gasteiger partial charge >= 0.3 is 30.1 Å². The van der Waals surface area contributed by atoms with E-state index in [1.807, 2.05) is 0 Å². The molecule has 39 heavy (non-hydrogen) atoms. The minimum atomic E-state index is -1.27. The third-order valence-electron chi connectivity index (χ3n) is 4.74. The van der Waals surface area contributed by atoms with Gasteiger partial charge in [0.1, 0.15) is 6.04 Å². The maximum atomic E-state index is 12.1. The molecule has 2 rings (SSSR count). The third kappa shape index (κ3) is 12.7. The number of carbonyl (C=O) groups excluding carboxylic acids is 4. The summed E-state index contributed by atoms with van der Waals surface area (Å²) in [5.74, 6) is -3.05. The summed E-state index contributed by atoms with van der Waals surface area (Å²) in [4.78, 5) is 62.6. The Labute approximate surface area is 223 Å². The van der Waals surface area contributed by atoms with Gasteiger partial charge in [0.15, 0.2) is 0 Å². The van der Waals surface area contributed by atoms with E-state index in [0.717, 1.165) is 0 Å². The summed E-state index contributed by atoms with van der Waals surface area (Å²) in [6.07, 6.45) is -2.52. The van der Waals surface area contributed by atoms with Crippen LogP contribution in [0.1, 0.15) is 11.1 Å². The number of aliphatic imine (C=N–C) groups is 1. The molecule has 208 valence electrons. The summed E-state index contributed by atoms with van der Waals surface area (Å²) < 4.78 is 19.1. The number of hydrogen-bond donors (Lipinski definition) is 4. The number of rotatable bonds is 12. The highest BCUT2D eigenvalue weighted by atomic mass is 16.7. The van der Waals surface area contributed by atoms with Gasteiger partial charge in [-0.1, -0.05) is 60.7 Å². The molecule has 4 N–H and O–H groups in total. The van der Waals surface area contributed by atoms with Gasteiger partial charge in [0.25, 0.3) is 0 Å². The van der Waals surface area contributed by atoms with E-state index in [0.29, 0.717) is 11.1 Å². The Kier molecular flexibility index (Phi) is 13.0. The van der Waals surface area contributed by atoms with Crippen LogP contribution in [0.15, 0.2) is 65.7 Å². The number of carboxylic acid groups (broad SMARTS) is 1. The fourth-order valence-electron chi connectivity index (χ4n) is 2.80. The average Bonchev–Trinajstić information content (AvgIpc) is 2.90. The zero-order valence-corrected chi connectivity index (χ0v) is 21.0. The summed E-state index contributed by atoms with van der Waals surface area (Å²) in [5.41, 5.74) is 1.40. The van der Waals surface area contributed by atoms with E-state index < -0.39 is 55.7 Å². The molecule has 0 heterocycles. The quantitative estimate of drug-likeness (QED) is 0.128. The Hall–Kier alpha value is -4.98. The lowest BCUT2D eigenvalue weighted by Gasteiger charge is -2.15. The van der Waals surface area contributed by atoms with Crippen molar-refractivity contribution in [2.75, 3.05) is 27.2 Å². The first kappa shape index (κ1) is 30.2. The molecule has 0 fully saturated rings. The lowest BCUT2D eigenvalue weighted by molar-refractivity contribution is -0.152. The smallest absolute Gasteiger partial charge is 0.439 e. The van der Waals surface area contributed by atoms with Crippen LogP contribution >= 0.6 is 0 Å². The maximum Gasteiger partial charge on any atom is 0.439 e. The zero-order valence-electron chi connectivity index (χ0n) is 21.0. The Bertz CT molecular complexity index is 1140. The van der Waals surface area contributed by atoms with Gasteiger partial charge in [-0.3, -0.25) is 19.7 Å². The lowest BCUT2D eigenvalue weighted by Crippen LogP contribution is -2.49. The summed E-state index contributed by atoms with van der Waals surface area (Å²) in [5, 5.41) is 16.2. The number of carbonyl (C=O) groups is 5. The van der Waals surface area contributed by atoms with Crippen LogP contribution in [0.25, 0.3) is 0 Å². The molecule has 2 aromatic rings. The summed E-state index contributed by atoms with van der Waals surface area (Å²) in [6.45, 7) is -1.80. The Balaban J connectivity index is 1.85. The number of carboxylic acids is 1. The minimum absolute atomic E-state index is 0.0392. The molecule has 2 amide bonds. The third-order valence-corrected chi connectivity index (χ3v) is 4.74. The van der Waals surface area contributed by atoms with Crippen molar-refractivity contribution in [3.8, 4) is 0 Å². The van der Waals surface area contributed by atoms with Crippen LogP contribution in [-0.2, 0) is 46.2 Å². The molecule has 2 aromatic carbocycles. The van der Waals surface area contributed by atoms with Crippen molar-refractivity contribution in [1.29, 1.82) is 0 Å². The highest BCUT2D eigenvalue weighted by molar-refractivity contribution is 5.99. The van der Waals surface area contributed by atoms with Gasteiger partial charge in [-0.25, -0.2) is 9.59 Å². The van der Waals surface area contributed by atoms with Crippen molar-refractivity contribution in [3.63, 3.8) is 0 Å². The predicted octanol–water partition coefficient (Wildman–Crippen LogP) is 0.954. The predicted molar refractivity (Wildman–Crippen MR) is 134 cm³/mol. The Morgan fingerprint density at radius 1 is 0.795 bits per heavy atom. The largest absolute Gasteiger partial charge is 0.480 e. The number of esters is 2. The molecule has 0 aliphatic rings. The molecule has 14 heteroatoms. The minimum Gasteiger partial charge on any atom is -0.480 e. The van der Waals surface area contributed by atoms with Gasteiger partial charge in [-0.15, -0.1) is 4.99 Å². The first-order valence-electron chi connectivity index (χ1n) is 11.5. The van der Waals surface area contributed by atoms with Crippen LogP contribution in [-0.4, -0.2) is 74.4 Å². The second-order valence-electron chi connectivity index (χ2n) is 7.58. The Morgan fingerprint density at radius 2 is 1.31 bits per heavy atom. The van der Waals surface area contributed by atoms with Crippen molar-refractivity contribution < 1.29 is 48.0 Å². The number of aliphatic carboxylic acids is 1. The average molecular weight is 545 g/mol. The number of nitrogens with zero attached hydrogens (tertiary/aromatic N) is 1. The molecule has 0 unspecified atom stereocenters. The standard InChI is InChI=1S/C25H28N4O10/c1-26-19(22(32)33)14-27-23(28-24(34)38-15-36-20(30)12-17-8-4-2-5-9-17)29-25(35)39-16-37-21(31)13-18-10-6-3-7-11-18/h2-11,19,26H,12-16H2,1H3,(H,32,33)(H2,27,28,29,34,35)/t19-/m0/s1. The van der Waals surface area contributed by atoms with Gasteiger partial charge < -0.3 is 34.7 Å². The number of guanidine groups is 1. The maximum absolute atomic E-state index is 12.1. The topological polar surface area (TPSA) is 191 Å². The van der Waals surface area contributed by atoms with Crippen molar-refractivity contribution in [2.24, 2.45) is 4.99 Å². The van der Waals surface area contributed by atoms with E-state index in [-0.39, 0.29) is 19.4 Å². The van der Waals surface area contributed by atoms with E-state index in [1.165, 1.54) is 7.05 Å². The van der Waals surface area contributed by atoms with Crippen LogP contribution in [0.5, 0.6) is 0 Å². The van der Waals surface area contributed by atoms with Crippen molar-refractivity contribution in [2.45, 2.75) is 18.9 Å². The van der Waals surface area contributed by atoms with Gasteiger partial charge in [-0.2, -0.15) is 0 Å². The van der Waals surface area contributed by atoms with Crippen LogP contribution in [0, 0.1) is 0 Å². The molecule has 0 aliphatic heterocycles. The highest BCUT2D eigenvalue weighted by Crippen LogP contribution is 2.02. The van der Waals surface area contributed by atoms with Crippen LogP contribution in [0.3, 0.4) is 0 Å². The molecular formula is C25H28N4O10. The first-order chi connectivity index (χ1) is 18.8. The van der Waals surface area contributed by atoms with Crippen molar-refractivity contribution in [1.82, 2.24) is 16.0 Å². The molecule has 0 aliphatic carbocycles. The number of alkyl carbamates (subject to hydrolysis) is 1.